The maximum atomic E-state index is 12.9. The molecule has 1 nitrogen and oxygen atoms in total. The Hall–Kier alpha value is -0.740. The minimum Gasteiger partial charge on any atom is -0.316 e. The molecule has 1 N–H and O–H groups in total. The fourth-order valence-corrected chi connectivity index (χ4v) is 3.51. The van der Waals surface area contributed by atoms with Gasteiger partial charge in [0.15, 0.2) is 0 Å². The minimum absolute atomic E-state index is 0.0371. The van der Waals surface area contributed by atoms with Gasteiger partial charge in [-0.05, 0) is 50.3 Å². The molecule has 2 rings (SSSR count). The maximum absolute atomic E-state index is 12.9. The van der Waals surface area contributed by atoms with Gasteiger partial charge in [0, 0.05) is 11.1 Å². The Morgan fingerprint density at radius 3 is 2.62 bits per heavy atom. The van der Waals surface area contributed by atoms with Crippen molar-refractivity contribution in [1.82, 2.24) is 5.32 Å². The zero-order valence-electron chi connectivity index (χ0n) is 12.1. The van der Waals surface area contributed by atoms with Gasteiger partial charge in [0.05, 0.1) is 5.92 Å². The lowest BCUT2D eigenvalue weighted by Crippen LogP contribution is -2.40. The van der Waals surface area contributed by atoms with Crippen molar-refractivity contribution in [3.63, 3.8) is 0 Å². The van der Waals surface area contributed by atoms with E-state index in [1.54, 1.807) is 0 Å². The summed E-state index contributed by atoms with van der Waals surface area (Å²) in [4.78, 5) is 0. The van der Waals surface area contributed by atoms with Gasteiger partial charge in [-0.15, -0.1) is 0 Å². The average Bonchev–Trinajstić information content (AvgIpc) is 2.46. The summed E-state index contributed by atoms with van der Waals surface area (Å²) in [6.07, 6.45) is -1.41. The summed E-state index contributed by atoms with van der Waals surface area (Å²) in [5.74, 6) is -1.11. The third-order valence-corrected chi connectivity index (χ3v) is 4.88. The van der Waals surface area contributed by atoms with Gasteiger partial charge in [-0.25, -0.2) is 0 Å². The largest absolute Gasteiger partial charge is 0.391 e. The molecule has 5 heteroatoms. The second-order valence-electron chi connectivity index (χ2n) is 5.86. The van der Waals surface area contributed by atoms with Gasteiger partial charge in [0.1, 0.15) is 0 Å². The highest BCUT2D eigenvalue weighted by Crippen LogP contribution is 2.41. The highest BCUT2D eigenvalue weighted by Gasteiger charge is 2.43. The fraction of sp³-hybridized carbons (Fsp3) is 0.625. The smallest absolute Gasteiger partial charge is 0.316 e. The number of hydrogen-bond acceptors (Lipinski definition) is 1. The molecule has 1 aromatic carbocycles. The molecule has 0 bridgehead atoms. The van der Waals surface area contributed by atoms with Crippen molar-refractivity contribution in [2.45, 2.75) is 44.3 Å². The van der Waals surface area contributed by atoms with E-state index in [1.165, 1.54) is 0 Å². The zero-order chi connectivity index (χ0) is 15.5. The lowest BCUT2D eigenvalue weighted by atomic mass is 9.76. The molecule has 0 radical (unpaired) electrons. The Morgan fingerprint density at radius 1 is 1.29 bits per heavy atom. The van der Waals surface area contributed by atoms with Gasteiger partial charge < -0.3 is 5.32 Å². The maximum Gasteiger partial charge on any atom is 0.391 e. The summed E-state index contributed by atoms with van der Waals surface area (Å²) in [5.41, 5.74) is 0.993. The van der Waals surface area contributed by atoms with Crippen LogP contribution < -0.4 is 5.32 Å². The number of hydrogen-bond donors (Lipinski definition) is 1. The van der Waals surface area contributed by atoms with E-state index < -0.39 is 12.1 Å². The quantitative estimate of drug-likeness (QED) is 0.837. The van der Waals surface area contributed by atoms with Crippen molar-refractivity contribution in [1.29, 1.82) is 0 Å². The van der Waals surface area contributed by atoms with Crippen LogP contribution in [-0.4, -0.2) is 19.3 Å². The molecule has 1 fully saturated rings. The van der Waals surface area contributed by atoms with Crippen LogP contribution in [0.15, 0.2) is 24.3 Å². The predicted molar refractivity (Wildman–Crippen MR) is 79.5 cm³/mol. The lowest BCUT2D eigenvalue weighted by Gasteiger charge is -2.35. The van der Waals surface area contributed by atoms with Crippen LogP contribution in [0.25, 0.3) is 0 Å². The molecule has 0 aliphatic heterocycles. The molecule has 1 aromatic rings. The van der Waals surface area contributed by atoms with Crippen LogP contribution in [0.1, 0.15) is 31.2 Å². The van der Waals surface area contributed by atoms with Gasteiger partial charge in [-0.2, -0.15) is 13.2 Å². The molecule has 21 heavy (non-hydrogen) atoms. The molecular formula is C16H21ClF3N. The highest BCUT2D eigenvalue weighted by atomic mass is 35.5. The Kier molecular flexibility index (Phi) is 5.55. The summed E-state index contributed by atoms with van der Waals surface area (Å²) in [6, 6.07) is 7.57. The van der Waals surface area contributed by atoms with E-state index in [2.05, 4.69) is 5.32 Å². The van der Waals surface area contributed by atoms with E-state index in [1.807, 2.05) is 31.3 Å². The highest BCUT2D eigenvalue weighted by molar-refractivity contribution is 6.31. The number of likely N-dealkylation sites (N-methyl/N-ethyl adjacent to an activating group) is 1. The number of nitrogens with one attached hydrogen (secondary N) is 1. The molecule has 3 unspecified atom stereocenters. The Bertz CT molecular complexity index is 461. The minimum atomic E-state index is -4.07. The second-order valence-corrected chi connectivity index (χ2v) is 6.26. The second kappa shape index (κ2) is 7.01. The van der Waals surface area contributed by atoms with Crippen LogP contribution in [0.4, 0.5) is 13.2 Å². The van der Waals surface area contributed by atoms with Crippen LogP contribution in [0.5, 0.6) is 0 Å². The normalized spacial score (nSPS) is 24.8. The molecule has 0 aromatic heterocycles. The molecule has 0 heterocycles. The van der Waals surface area contributed by atoms with Crippen LogP contribution in [0.3, 0.4) is 0 Å². The molecule has 0 amide bonds. The van der Waals surface area contributed by atoms with Gasteiger partial charge in [0.25, 0.3) is 0 Å². The molecule has 0 spiro atoms. The number of benzene rings is 1. The number of halogens is 4. The number of rotatable bonds is 4. The monoisotopic (exact) mass is 319 g/mol. The Balaban J connectivity index is 2.05. The van der Waals surface area contributed by atoms with E-state index in [0.717, 1.165) is 12.0 Å². The molecule has 1 aliphatic rings. The van der Waals surface area contributed by atoms with Crippen molar-refractivity contribution < 1.29 is 13.2 Å². The van der Waals surface area contributed by atoms with Crippen molar-refractivity contribution in [2.24, 2.45) is 11.8 Å². The van der Waals surface area contributed by atoms with Crippen molar-refractivity contribution >= 4 is 11.6 Å². The van der Waals surface area contributed by atoms with Gasteiger partial charge in [-0.3, -0.25) is 0 Å². The fourth-order valence-electron chi connectivity index (χ4n) is 3.30. The van der Waals surface area contributed by atoms with Gasteiger partial charge in [0.2, 0.25) is 0 Å². The molecule has 118 valence electrons. The predicted octanol–water partition coefficient (Wildman–Crippen LogP) is 4.84. The summed E-state index contributed by atoms with van der Waals surface area (Å²) < 4.78 is 38.8. The molecule has 1 aliphatic carbocycles. The topological polar surface area (TPSA) is 12.0 Å². The van der Waals surface area contributed by atoms with Crippen molar-refractivity contribution in [2.75, 3.05) is 7.05 Å². The summed E-state index contributed by atoms with van der Waals surface area (Å²) in [6.45, 7) is 0. The van der Waals surface area contributed by atoms with Gasteiger partial charge in [-0.1, -0.05) is 36.2 Å². The van der Waals surface area contributed by atoms with Crippen LogP contribution in [-0.2, 0) is 6.42 Å². The van der Waals surface area contributed by atoms with E-state index >= 15 is 0 Å². The number of alkyl halides is 3. The van der Waals surface area contributed by atoms with Crippen molar-refractivity contribution in [3.8, 4) is 0 Å². The van der Waals surface area contributed by atoms with Crippen LogP contribution in [0.2, 0.25) is 5.02 Å². The first kappa shape index (κ1) is 16.6. The Morgan fingerprint density at radius 2 is 2.00 bits per heavy atom. The molecule has 1 saturated carbocycles. The standard InChI is InChI=1S/C16H21ClF3N/c1-21-15(10-11-5-2-3-8-14(11)17)12-6-4-7-13(9-12)16(18,19)20/h2-3,5,8,12-13,15,21H,4,6-7,9-10H2,1H3. The van der Waals surface area contributed by atoms with Crippen LogP contribution >= 0.6 is 11.6 Å². The third-order valence-electron chi connectivity index (χ3n) is 4.52. The first-order chi connectivity index (χ1) is 9.91. The van der Waals surface area contributed by atoms with E-state index in [4.69, 9.17) is 11.6 Å². The van der Waals surface area contributed by atoms with Crippen LogP contribution in [0, 0.1) is 11.8 Å². The average molecular weight is 320 g/mol. The first-order valence-electron chi connectivity index (χ1n) is 7.39. The molecular weight excluding hydrogens is 299 g/mol. The van der Waals surface area contributed by atoms with Gasteiger partial charge >= 0.3 is 6.18 Å². The van der Waals surface area contributed by atoms with Crippen molar-refractivity contribution in [3.05, 3.63) is 34.9 Å². The molecule has 0 saturated heterocycles. The lowest BCUT2D eigenvalue weighted by molar-refractivity contribution is -0.186. The van der Waals surface area contributed by atoms with E-state index in [9.17, 15) is 13.2 Å². The third kappa shape index (κ3) is 4.36. The molecule has 3 atom stereocenters. The SMILES string of the molecule is CNC(Cc1ccccc1Cl)C1CCCC(C(F)(F)F)C1. The summed E-state index contributed by atoms with van der Waals surface area (Å²) in [7, 11) is 1.82. The first-order valence-corrected chi connectivity index (χ1v) is 7.77. The Labute approximate surface area is 128 Å². The zero-order valence-corrected chi connectivity index (χ0v) is 12.8. The van der Waals surface area contributed by atoms with E-state index in [0.29, 0.717) is 17.9 Å². The summed E-state index contributed by atoms with van der Waals surface area (Å²) in [5, 5.41) is 3.87. The van der Waals surface area contributed by atoms with E-state index in [-0.39, 0.29) is 24.8 Å². The summed E-state index contributed by atoms with van der Waals surface area (Å²) >= 11 is 6.16.